The molecule has 1 atom stereocenters. The second-order valence-corrected chi connectivity index (χ2v) is 5.61. The van der Waals surface area contributed by atoms with Gasteiger partial charge in [0.1, 0.15) is 0 Å². The molecule has 1 amide bonds. The Morgan fingerprint density at radius 2 is 1.32 bits per heavy atom. The van der Waals surface area contributed by atoms with Crippen molar-refractivity contribution in [2.24, 2.45) is 0 Å². The van der Waals surface area contributed by atoms with Crippen LogP contribution in [0, 0.1) is 0 Å². The molecule has 2 heterocycles. The number of likely N-dealkylation sites (N-methyl/N-ethyl adjacent to an activating group) is 2. The van der Waals surface area contributed by atoms with Gasteiger partial charge in [0, 0.05) is 19.7 Å². The molecule has 0 aliphatic carbocycles. The molecule has 0 bridgehead atoms. The first-order valence-corrected chi connectivity index (χ1v) is 7.10. The van der Waals surface area contributed by atoms with E-state index in [9.17, 15) is 9.59 Å². The van der Waals surface area contributed by atoms with Crippen molar-refractivity contribution < 1.29 is 9.59 Å². The lowest BCUT2D eigenvalue weighted by Crippen LogP contribution is -2.73. The number of Topliss-reactive ketones (excluding diaryl/α,β-unsaturated/α-hetero) is 1. The third-order valence-corrected chi connectivity index (χ3v) is 4.60. The van der Waals surface area contributed by atoms with Crippen LogP contribution < -0.4 is 15.1 Å². The number of rotatable bonds is 0. The largest absolute Gasteiger partial charge is 0.327 e. The van der Waals surface area contributed by atoms with Crippen molar-refractivity contribution in [2.75, 3.05) is 23.9 Å². The summed E-state index contributed by atoms with van der Waals surface area (Å²) in [6.45, 7) is 0. The van der Waals surface area contributed by atoms with Gasteiger partial charge in [0.25, 0.3) is 11.7 Å². The van der Waals surface area contributed by atoms with Gasteiger partial charge in [-0.05, 0) is 24.3 Å². The summed E-state index contributed by atoms with van der Waals surface area (Å²) < 4.78 is 0. The first-order chi connectivity index (χ1) is 10.6. The SMILES string of the molecule is CN1c2ccccc2C(=O)NC12C(=O)c1ccccc1N2C. The number of carbonyl (C=O) groups is 2. The Morgan fingerprint density at radius 3 is 1.91 bits per heavy atom. The Balaban J connectivity index is 1.94. The van der Waals surface area contributed by atoms with Crippen LogP contribution in [0.25, 0.3) is 0 Å². The van der Waals surface area contributed by atoms with Gasteiger partial charge in [0.15, 0.2) is 0 Å². The molecule has 22 heavy (non-hydrogen) atoms. The number of para-hydroxylation sites is 2. The Bertz CT molecular complexity index is 817. The molecule has 1 N–H and O–H groups in total. The molecule has 0 fully saturated rings. The fourth-order valence-electron chi connectivity index (χ4n) is 3.43. The molecule has 1 unspecified atom stereocenters. The molecule has 5 heteroatoms. The molecule has 0 radical (unpaired) electrons. The van der Waals surface area contributed by atoms with Gasteiger partial charge >= 0.3 is 0 Å². The summed E-state index contributed by atoms with van der Waals surface area (Å²) in [5.74, 6) is -1.55. The lowest BCUT2D eigenvalue weighted by atomic mass is 10.0. The Hall–Kier alpha value is -2.82. The number of anilines is 2. The van der Waals surface area contributed by atoms with E-state index in [0.29, 0.717) is 11.1 Å². The second kappa shape index (κ2) is 4.10. The number of benzene rings is 2. The van der Waals surface area contributed by atoms with E-state index in [4.69, 9.17) is 0 Å². The number of ketones is 1. The molecule has 4 rings (SSSR count). The predicted octanol–water partition coefficient (Wildman–Crippen LogP) is 1.85. The number of hydrogen-bond acceptors (Lipinski definition) is 4. The number of nitrogens with one attached hydrogen (secondary N) is 1. The molecule has 5 nitrogen and oxygen atoms in total. The average molecular weight is 293 g/mol. The zero-order valence-corrected chi connectivity index (χ0v) is 12.3. The van der Waals surface area contributed by atoms with E-state index in [0.717, 1.165) is 11.4 Å². The molecule has 0 saturated carbocycles. The molecule has 2 aromatic rings. The highest BCUT2D eigenvalue weighted by molar-refractivity contribution is 6.19. The summed E-state index contributed by atoms with van der Waals surface area (Å²) >= 11 is 0. The Morgan fingerprint density at radius 1 is 0.818 bits per heavy atom. The third kappa shape index (κ3) is 1.33. The van der Waals surface area contributed by atoms with Crippen molar-refractivity contribution in [1.29, 1.82) is 0 Å². The summed E-state index contributed by atoms with van der Waals surface area (Å²) in [5.41, 5.74) is 2.77. The van der Waals surface area contributed by atoms with Gasteiger partial charge in [0.05, 0.1) is 16.9 Å². The average Bonchev–Trinajstić information content (AvgIpc) is 2.76. The maximum atomic E-state index is 13.1. The number of amides is 1. The summed E-state index contributed by atoms with van der Waals surface area (Å²) in [7, 11) is 3.66. The lowest BCUT2D eigenvalue weighted by molar-refractivity contribution is 0.0767. The van der Waals surface area contributed by atoms with Crippen LogP contribution in [0.5, 0.6) is 0 Å². The van der Waals surface area contributed by atoms with E-state index in [-0.39, 0.29) is 11.7 Å². The predicted molar refractivity (Wildman–Crippen MR) is 84.2 cm³/mol. The van der Waals surface area contributed by atoms with Crippen molar-refractivity contribution in [3.8, 4) is 0 Å². The van der Waals surface area contributed by atoms with Crippen LogP contribution in [0.2, 0.25) is 0 Å². The zero-order chi connectivity index (χ0) is 15.5. The van der Waals surface area contributed by atoms with Crippen LogP contribution in [0.4, 0.5) is 11.4 Å². The van der Waals surface area contributed by atoms with E-state index in [2.05, 4.69) is 5.32 Å². The first kappa shape index (κ1) is 12.9. The van der Waals surface area contributed by atoms with Gasteiger partial charge < -0.3 is 15.1 Å². The van der Waals surface area contributed by atoms with Gasteiger partial charge in [-0.3, -0.25) is 9.59 Å². The minimum Gasteiger partial charge on any atom is -0.327 e. The van der Waals surface area contributed by atoms with Crippen LogP contribution >= 0.6 is 0 Å². The van der Waals surface area contributed by atoms with Gasteiger partial charge in [0.2, 0.25) is 5.78 Å². The molecule has 2 aliphatic rings. The summed E-state index contributed by atoms with van der Waals surface area (Å²) in [6, 6.07) is 14.7. The standard InChI is InChI=1S/C17H15N3O2/c1-19-13-9-5-3-7-11(13)15(21)17(19)18-16(22)12-8-4-6-10-14(12)20(17)2/h3-10H,1-2H3,(H,18,22). The van der Waals surface area contributed by atoms with E-state index in [1.165, 1.54) is 0 Å². The quantitative estimate of drug-likeness (QED) is 0.805. The highest BCUT2D eigenvalue weighted by Gasteiger charge is 2.56. The van der Waals surface area contributed by atoms with Crippen molar-refractivity contribution in [3.63, 3.8) is 0 Å². The van der Waals surface area contributed by atoms with Gasteiger partial charge in [-0.15, -0.1) is 0 Å². The fraction of sp³-hybridized carbons (Fsp3) is 0.176. The van der Waals surface area contributed by atoms with Crippen LogP contribution in [-0.2, 0) is 0 Å². The monoisotopic (exact) mass is 293 g/mol. The Labute approximate surface area is 128 Å². The van der Waals surface area contributed by atoms with E-state index >= 15 is 0 Å². The van der Waals surface area contributed by atoms with Crippen LogP contribution in [0.1, 0.15) is 20.7 Å². The number of hydrogen-bond donors (Lipinski definition) is 1. The molecule has 2 aliphatic heterocycles. The van der Waals surface area contributed by atoms with Crippen LogP contribution in [0.15, 0.2) is 48.5 Å². The number of fused-ring (bicyclic) bond motifs is 2. The van der Waals surface area contributed by atoms with Gasteiger partial charge in [-0.2, -0.15) is 0 Å². The van der Waals surface area contributed by atoms with Crippen molar-refractivity contribution in [2.45, 2.75) is 5.79 Å². The first-order valence-electron chi connectivity index (χ1n) is 7.10. The van der Waals surface area contributed by atoms with Gasteiger partial charge in [-0.25, -0.2) is 0 Å². The summed E-state index contributed by atoms with van der Waals surface area (Å²) in [5, 5.41) is 2.91. The molecule has 0 saturated heterocycles. The number of nitrogens with zero attached hydrogens (tertiary/aromatic N) is 2. The Kier molecular flexibility index (Phi) is 2.40. The molecule has 0 aromatic heterocycles. The van der Waals surface area contributed by atoms with Crippen LogP contribution in [0.3, 0.4) is 0 Å². The van der Waals surface area contributed by atoms with Crippen LogP contribution in [-0.4, -0.2) is 31.6 Å². The normalized spacial score (nSPS) is 22.6. The zero-order valence-electron chi connectivity index (χ0n) is 12.3. The van der Waals surface area contributed by atoms with E-state index in [1.54, 1.807) is 12.1 Å². The topological polar surface area (TPSA) is 52.7 Å². The highest BCUT2D eigenvalue weighted by Crippen LogP contribution is 2.42. The minimum absolute atomic E-state index is 0.115. The van der Waals surface area contributed by atoms with E-state index < -0.39 is 5.79 Å². The number of carbonyl (C=O) groups excluding carboxylic acids is 2. The fourth-order valence-corrected chi connectivity index (χ4v) is 3.43. The molecular weight excluding hydrogens is 278 g/mol. The molecular formula is C17H15N3O2. The maximum absolute atomic E-state index is 13.1. The van der Waals surface area contributed by atoms with Crippen molar-refractivity contribution in [3.05, 3.63) is 59.7 Å². The van der Waals surface area contributed by atoms with E-state index in [1.807, 2.05) is 60.3 Å². The molecule has 1 spiro atoms. The highest BCUT2D eigenvalue weighted by atomic mass is 16.2. The lowest BCUT2D eigenvalue weighted by Gasteiger charge is -2.47. The summed E-state index contributed by atoms with van der Waals surface area (Å²) in [6.07, 6.45) is 0. The molecule has 110 valence electrons. The minimum atomic E-state index is -1.20. The maximum Gasteiger partial charge on any atom is 0.258 e. The van der Waals surface area contributed by atoms with Crippen molar-refractivity contribution in [1.82, 2.24) is 5.32 Å². The second-order valence-electron chi connectivity index (χ2n) is 5.61. The van der Waals surface area contributed by atoms with Crippen molar-refractivity contribution >= 4 is 23.1 Å². The van der Waals surface area contributed by atoms with Gasteiger partial charge in [-0.1, -0.05) is 24.3 Å². The smallest absolute Gasteiger partial charge is 0.258 e. The third-order valence-electron chi connectivity index (χ3n) is 4.60. The summed E-state index contributed by atoms with van der Waals surface area (Å²) in [4.78, 5) is 29.2. The molecule has 2 aromatic carbocycles.